The van der Waals surface area contributed by atoms with Crippen LogP contribution in [0.2, 0.25) is 5.02 Å². The Bertz CT molecular complexity index is 674. The summed E-state index contributed by atoms with van der Waals surface area (Å²) in [5.41, 5.74) is 4.05. The van der Waals surface area contributed by atoms with E-state index < -0.39 is 17.6 Å². The zero-order valence-corrected chi connectivity index (χ0v) is 12.0. The van der Waals surface area contributed by atoms with Gasteiger partial charge in [-0.1, -0.05) is 41.9 Å². The third kappa shape index (κ3) is 4.14. The van der Waals surface area contributed by atoms with Crippen LogP contribution in [0.3, 0.4) is 0 Å². The highest BCUT2D eigenvalue weighted by Gasteiger charge is 2.33. The first-order valence-corrected chi connectivity index (χ1v) is 6.70. The molecule has 0 unspecified atom stereocenters. The Labute approximate surface area is 130 Å². The highest BCUT2D eigenvalue weighted by molar-refractivity contribution is 6.31. The van der Waals surface area contributed by atoms with Crippen molar-refractivity contribution in [3.05, 3.63) is 64.7 Å². The van der Waals surface area contributed by atoms with Gasteiger partial charge in [0.15, 0.2) is 0 Å². The van der Waals surface area contributed by atoms with Gasteiger partial charge in [-0.2, -0.15) is 13.2 Å². The molecular weight excluding hydrogens is 317 g/mol. The lowest BCUT2D eigenvalue weighted by atomic mass is 10.1. The molecule has 3 nitrogen and oxygen atoms in total. The second kappa shape index (κ2) is 6.70. The van der Waals surface area contributed by atoms with Gasteiger partial charge in [0.25, 0.3) is 0 Å². The molecule has 2 rings (SSSR count). The fourth-order valence-electron chi connectivity index (χ4n) is 1.84. The third-order valence-corrected chi connectivity index (χ3v) is 3.25. The van der Waals surface area contributed by atoms with Crippen LogP contribution >= 0.6 is 11.6 Å². The Morgan fingerprint density at radius 2 is 1.68 bits per heavy atom. The molecule has 0 heterocycles. The Morgan fingerprint density at radius 3 is 2.36 bits per heavy atom. The summed E-state index contributed by atoms with van der Waals surface area (Å²) in [6, 6.07) is 11.6. The lowest BCUT2D eigenvalue weighted by Gasteiger charge is -2.15. The molecule has 0 aromatic heterocycles. The van der Waals surface area contributed by atoms with Gasteiger partial charge in [0, 0.05) is 5.02 Å². The van der Waals surface area contributed by atoms with Crippen LogP contribution in [0, 0.1) is 0 Å². The van der Waals surface area contributed by atoms with E-state index in [4.69, 9.17) is 11.6 Å². The summed E-state index contributed by atoms with van der Waals surface area (Å²) in [5, 5.41) is 0.424. The largest absolute Gasteiger partial charge is 0.418 e. The van der Waals surface area contributed by atoms with Crippen LogP contribution in [0.4, 0.5) is 18.9 Å². The molecule has 0 fully saturated rings. The van der Waals surface area contributed by atoms with Gasteiger partial charge in [-0.25, -0.2) is 0 Å². The summed E-state index contributed by atoms with van der Waals surface area (Å²) >= 11 is 5.92. The summed E-state index contributed by atoms with van der Waals surface area (Å²) in [7, 11) is 0. The summed E-state index contributed by atoms with van der Waals surface area (Å²) in [6.07, 6.45) is -4.54. The predicted octanol–water partition coefficient (Wildman–Crippen LogP) is 4.04. The molecule has 0 saturated carbocycles. The van der Waals surface area contributed by atoms with Crippen molar-refractivity contribution in [2.45, 2.75) is 12.6 Å². The summed E-state index contributed by atoms with van der Waals surface area (Å²) in [5.74, 6) is -0.495. The molecule has 2 N–H and O–H groups in total. The molecule has 0 atom stereocenters. The van der Waals surface area contributed by atoms with E-state index in [9.17, 15) is 18.0 Å². The first-order valence-electron chi connectivity index (χ1n) is 6.32. The van der Waals surface area contributed by atoms with Crippen molar-refractivity contribution in [2.24, 2.45) is 0 Å². The van der Waals surface area contributed by atoms with Crippen molar-refractivity contribution in [1.29, 1.82) is 0 Å². The fraction of sp³-hybridized carbons (Fsp3) is 0.133. The van der Waals surface area contributed by atoms with Crippen molar-refractivity contribution in [2.75, 3.05) is 5.43 Å². The molecule has 0 spiro atoms. The Kier molecular flexibility index (Phi) is 4.92. The van der Waals surface area contributed by atoms with Crippen molar-refractivity contribution in [3.8, 4) is 0 Å². The van der Waals surface area contributed by atoms with Crippen LogP contribution in [0.25, 0.3) is 0 Å². The van der Waals surface area contributed by atoms with Crippen molar-refractivity contribution >= 4 is 23.2 Å². The van der Waals surface area contributed by atoms with Crippen molar-refractivity contribution in [3.63, 3.8) is 0 Å². The minimum Gasteiger partial charge on any atom is -0.298 e. The van der Waals surface area contributed by atoms with Gasteiger partial charge in [0.1, 0.15) is 0 Å². The normalized spacial score (nSPS) is 11.1. The molecule has 1 amide bonds. The lowest BCUT2D eigenvalue weighted by Crippen LogP contribution is -2.31. The first-order chi connectivity index (χ1) is 10.4. The van der Waals surface area contributed by atoms with Crippen LogP contribution in [-0.4, -0.2) is 5.91 Å². The standard InChI is InChI=1S/C15H12ClF3N2O/c16-12-7-3-1-5-10(12)9-14(22)21-20-13-8-4-2-6-11(13)15(17,18)19/h1-8,20H,9H2,(H,21,22). The second-order valence-corrected chi connectivity index (χ2v) is 4.89. The monoisotopic (exact) mass is 328 g/mol. The number of carbonyl (C=O) groups is 1. The average Bonchev–Trinajstić information content (AvgIpc) is 2.47. The number of carbonyl (C=O) groups excluding carboxylic acids is 1. The van der Waals surface area contributed by atoms with Crippen LogP contribution in [0.1, 0.15) is 11.1 Å². The van der Waals surface area contributed by atoms with E-state index in [1.807, 2.05) is 0 Å². The fourth-order valence-corrected chi connectivity index (χ4v) is 2.04. The molecule has 2 aromatic carbocycles. The van der Waals surface area contributed by atoms with Crippen molar-refractivity contribution in [1.82, 2.24) is 5.43 Å². The number of amides is 1. The topological polar surface area (TPSA) is 41.1 Å². The maximum atomic E-state index is 12.8. The molecule has 22 heavy (non-hydrogen) atoms. The highest BCUT2D eigenvalue weighted by Crippen LogP contribution is 2.34. The Morgan fingerprint density at radius 1 is 1.05 bits per heavy atom. The number of para-hydroxylation sites is 1. The molecule has 7 heteroatoms. The number of alkyl halides is 3. The number of nitrogens with one attached hydrogen (secondary N) is 2. The van der Waals surface area contributed by atoms with Gasteiger partial charge in [-0.05, 0) is 23.8 Å². The van der Waals surface area contributed by atoms with E-state index in [0.717, 1.165) is 6.07 Å². The van der Waals surface area contributed by atoms with Gasteiger partial charge < -0.3 is 0 Å². The highest BCUT2D eigenvalue weighted by atomic mass is 35.5. The smallest absolute Gasteiger partial charge is 0.298 e. The molecular formula is C15H12ClF3N2O. The lowest BCUT2D eigenvalue weighted by molar-refractivity contribution is -0.137. The minimum absolute atomic E-state index is 0.0408. The molecule has 0 aliphatic heterocycles. The van der Waals surface area contributed by atoms with Gasteiger partial charge >= 0.3 is 6.18 Å². The number of hydrogen-bond acceptors (Lipinski definition) is 2. The van der Waals surface area contributed by atoms with Crippen LogP contribution in [0.15, 0.2) is 48.5 Å². The molecule has 0 aliphatic rings. The quantitative estimate of drug-likeness (QED) is 0.832. The first kappa shape index (κ1) is 16.2. The molecule has 0 aliphatic carbocycles. The van der Waals surface area contributed by atoms with Gasteiger partial charge in [-0.3, -0.25) is 15.6 Å². The minimum atomic E-state index is -4.50. The number of anilines is 1. The van der Waals surface area contributed by atoms with Crippen LogP contribution in [-0.2, 0) is 17.4 Å². The maximum Gasteiger partial charge on any atom is 0.418 e. The van der Waals surface area contributed by atoms with E-state index in [0.29, 0.717) is 10.6 Å². The SMILES string of the molecule is O=C(Cc1ccccc1Cl)NNc1ccccc1C(F)(F)F. The Balaban J connectivity index is 2.02. The zero-order chi connectivity index (χ0) is 16.2. The number of hydrazine groups is 1. The number of benzene rings is 2. The number of halogens is 4. The predicted molar refractivity (Wildman–Crippen MR) is 78.4 cm³/mol. The Hall–Kier alpha value is -2.21. The number of rotatable bonds is 4. The third-order valence-electron chi connectivity index (χ3n) is 2.88. The van der Waals surface area contributed by atoms with Crippen LogP contribution in [0.5, 0.6) is 0 Å². The van der Waals surface area contributed by atoms with Crippen molar-refractivity contribution < 1.29 is 18.0 Å². The second-order valence-electron chi connectivity index (χ2n) is 4.48. The van der Waals surface area contributed by atoms with E-state index in [-0.39, 0.29) is 12.1 Å². The maximum absolute atomic E-state index is 12.8. The molecule has 116 valence electrons. The summed E-state index contributed by atoms with van der Waals surface area (Å²) in [6.45, 7) is 0. The molecule has 0 saturated heterocycles. The molecule has 0 radical (unpaired) electrons. The average molecular weight is 329 g/mol. The summed E-state index contributed by atoms with van der Waals surface area (Å²) < 4.78 is 38.4. The van der Waals surface area contributed by atoms with E-state index in [1.54, 1.807) is 24.3 Å². The molecule has 2 aromatic rings. The van der Waals surface area contributed by atoms with Gasteiger partial charge in [-0.15, -0.1) is 0 Å². The van der Waals surface area contributed by atoms with E-state index in [2.05, 4.69) is 10.9 Å². The van der Waals surface area contributed by atoms with Crippen LogP contribution < -0.4 is 10.9 Å². The number of hydrogen-bond donors (Lipinski definition) is 2. The van der Waals surface area contributed by atoms with Gasteiger partial charge in [0.2, 0.25) is 5.91 Å². The zero-order valence-electron chi connectivity index (χ0n) is 11.2. The molecule has 0 bridgehead atoms. The van der Waals surface area contributed by atoms with Gasteiger partial charge in [0.05, 0.1) is 17.7 Å². The van der Waals surface area contributed by atoms with E-state index >= 15 is 0 Å². The summed E-state index contributed by atoms with van der Waals surface area (Å²) in [4.78, 5) is 11.8. The van der Waals surface area contributed by atoms with E-state index in [1.165, 1.54) is 18.2 Å².